The van der Waals surface area contributed by atoms with Crippen molar-refractivity contribution < 1.29 is 5.11 Å². The van der Waals surface area contributed by atoms with Crippen molar-refractivity contribution in [2.45, 2.75) is 91.9 Å². The van der Waals surface area contributed by atoms with Gasteiger partial charge in [-0.3, -0.25) is 0 Å². The largest absolute Gasteiger partial charge is 0.396 e. The molecule has 1 heteroatoms. The van der Waals surface area contributed by atoms with Crippen LogP contribution in [0.2, 0.25) is 0 Å². The predicted octanol–water partition coefficient (Wildman–Crippen LogP) is 6.05. The van der Waals surface area contributed by atoms with E-state index in [4.69, 9.17) is 5.11 Å². The Balaban J connectivity index is 2.11. The van der Waals surface area contributed by atoms with Gasteiger partial charge in [0.05, 0.1) is 0 Å². The lowest BCUT2D eigenvalue weighted by Crippen LogP contribution is -2.09. The van der Waals surface area contributed by atoms with Crippen molar-refractivity contribution >= 4 is 0 Å². The Labute approximate surface area is 133 Å². The highest BCUT2D eigenvalue weighted by atomic mass is 16.3. The van der Waals surface area contributed by atoms with Gasteiger partial charge in [0.2, 0.25) is 0 Å². The van der Waals surface area contributed by atoms with E-state index >= 15 is 0 Å². The maximum Gasteiger partial charge on any atom is 0.0433 e. The second-order valence-corrected chi connectivity index (χ2v) is 8.29. The quantitative estimate of drug-likeness (QED) is 0.492. The first kappa shape index (κ1) is 19.0. The van der Waals surface area contributed by atoms with Crippen molar-refractivity contribution in [1.29, 1.82) is 0 Å². The minimum absolute atomic E-state index is 0.362. The van der Waals surface area contributed by atoms with Gasteiger partial charge in [-0.2, -0.15) is 0 Å². The van der Waals surface area contributed by atoms with E-state index in [-0.39, 0.29) is 0 Å². The van der Waals surface area contributed by atoms with E-state index in [0.29, 0.717) is 12.5 Å². The molecule has 0 radical (unpaired) electrons. The molecule has 0 amide bonds. The molecule has 0 saturated heterocycles. The summed E-state index contributed by atoms with van der Waals surface area (Å²) < 4.78 is 0. The SMILES string of the molecule is CC(C)CCC[C@H](C)[C@@H]1CC[C@@H](CCC[C@@H](C)CCO)C1. The van der Waals surface area contributed by atoms with Crippen molar-refractivity contribution in [1.82, 2.24) is 0 Å². The normalized spacial score (nSPS) is 25.4. The molecule has 1 aliphatic rings. The Morgan fingerprint density at radius 3 is 2.33 bits per heavy atom. The van der Waals surface area contributed by atoms with Crippen LogP contribution in [0.15, 0.2) is 0 Å². The topological polar surface area (TPSA) is 20.2 Å². The molecule has 0 spiro atoms. The number of aliphatic hydroxyl groups is 1. The van der Waals surface area contributed by atoms with Gasteiger partial charge in [-0.1, -0.05) is 72.6 Å². The third-order valence-corrected chi connectivity index (χ3v) is 5.76. The number of hydrogen-bond donors (Lipinski definition) is 1. The highest BCUT2D eigenvalue weighted by Crippen LogP contribution is 2.40. The first-order valence-electron chi connectivity index (χ1n) is 9.63. The van der Waals surface area contributed by atoms with Crippen LogP contribution in [0, 0.1) is 29.6 Å². The fourth-order valence-corrected chi connectivity index (χ4v) is 4.10. The maximum atomic E-state index is 8.95. The van der Waals surface area contributed by atoms with Crippen molar-refractivity contribution in [3.63, 3.8) is 0 Å². The average Bonchev–Trinajstić information content (AvgIpc) is 2.87. The molecule has 0 aliphatic heterocycles. The third-order valence-electron chi connectivity index (χ3n) is 5.76. The second-order valence-electron chi connectivity index (χ2n) is 8.29. The average molecular weight is 297 g/mol. The molecule has 1 saturated carbocycles. The lowest BCUT2D eigenvalue weighted by molar-refractivity contribution is 0.254. The Bertz CT molecular complexity index is 248. The van der Waals surface area contributed by atoms with Crippen LogP contribution in [0.5, 0.6) is 0 Å². The molecule has 0 bridgehead atoms. The molecule has 1 fully saturated rings. The van der Waals surface area contributed by atoms with Crippen molar-refractivity contribution in [3.8, 4) is 0 Å². The van der Waals surface area contributed by atoms with E-state index in [2.05, 4.69) is 27.7 Å². The Hall–Kier alpha value is -0.0400. The summed E-state index contributed by atoms with van der Waals surface area (Å²) in [5.41, 5.74) is 0. The second kappa shape index (κ2) is 10.6. The molecule has 1 nitrogen and oxygen atoms in total. The molecule has 0 aromatic heterocycles. The maximum absolute atomic E-state index is 8.95. The zero-order valence-corrected chi connectivity index (χ0v) is 15.1. The summed E-state index contributed by atoms with van der Waals surface area (Å²) >= 11 is 0. The molecule has 21 heavy (non-hydrogen) atoms. The van der Waals surface area contributed by atoms with E-state index < -0.39 is 0 Å². The lowest BCUT2D eigenvalue weighted by Gasteiger charge is -2.20. The van der Waals surface area contributed by atoms with Crippen molar-refractivity contribution in [2.75, 3.05) is 6.61 Å². The molecular weight excluding hydrogens is 256 g/mol. The van der Waals surface area contributed by atoms with Gasteiger partial charge in [-0.25, -0.2) is 0 Å². The minimum Gasteiger partial charge on any atom is -0.396 e. The monoisotopic (exact) mass is 296 g/mol. The predicted molar refractivity (Wildman–Crippen MR) is 93.4 cm³/mol. The summed E-state index contributed by atoms with van der Waals surface area (Å²) in [6.45, 7) is 9.82. The summed E-state index contributed by atoms with van der Waals surface area (Å²) in [5.74, 6) is 4.54. The summed E-state index contributed by atoms with van der Waals surface area (Å²) in [6, 6.07) is 0. The van der Waals surface area contributed by atoms with Crippen LogP contribution in [0.3, 0.4) is 0 Å². The molecule has 126 valence electrons. The number of rotatable bonds is 11. The van der Waals surface area contributed by atoms with Gasteiger partial charge in [0, 0.05) is 6.61 Å². The fourth-order valence-electron chi connectivity index (χ4n) is 4.10. The molecule has 1 rings (SSSR count). The van der Waals surface area contributed by atoms with Crippen LogP contribution in [0.1, 0.15) is 91.9 Å². The van der Waals surface area contributed by atoms with E-state index in [1.165, 1.54) is 57.8 Å². The van der Waals surface area contributed by atoms with Gasteiger partial charge in [0.25, 0.3) is 0 Å². The zero-order valence-electron chi connectivity index (χ0n) is 15.1. The molecule has 0 aromatic rings. The van der Waals surface area contributed by atoms with Crippen LogP contribution >= 0.6 is 0 Å². The number of aliphatic hydroxyl groups excluding tert-OH is 1. The molecule has 1 N–H and O–H groups in total. The van der Waals surface area contributed by atoms with E-state index in [9.17, 15) is 0 Å². The molecule has 4 atom stereocenters. The molecule has 0 aromatic carbocycles. The summed E-state index contributed by atoms with van der Waals surface area (Å²) in [6.07, 6.45) is 13.9. The number of hydrogen-bond acceptors (Lipinski definition) is 1. The van der Waals surface area contributed by atoms with Gasteiger partial charge >= 0.3 is 0 Å². The lowest BCUT2D eigenvalue weighted by atomic mass is 9.86. The van der Waals surface area contributed by atoms with Crippen molar-refractivity contribution in [2.24, 2.45) is 29.6 Å². The first-order chi connectivity index (χ1) is 10.0. The van der Waals surface area contributed by atoms with Crippen LogP contribution in [-0.4, -0.2) is 11.7 Å². The van der Waals surface area contributed by atoms with Crippen molar-refractivity contribution in [3.05, 3.63) is 0 Å². The summed E-state index contributed by atoms with van der Waals surface area (Å²) in [7, 11) is 0. The van der Waals surface area contributed by atoms with E-state index in [1.807, 2.05) is 0 Å². The Morgan fingerprint density at radius 1 is 0.905 bits per heavy atom. The fraction of sp³-hybridized carbons (Fsp3) is 1.00. The van der Waals surface area contributed by atoms with E-state index in [1.54, 1.807) is 0 Å². The van der Waals surface area contributed by atoms with Gasteiger partial charge < -0.3 is 5.11 Å². The molecule has 0 unspecified atom stereocenters. The Morgan fingerprint density at radius 2 is 1.67 bits per heavy atom. The molecule has 1 aliphatic carbocycles. The highest BCUT2D eigenvalue weighted by Gasteiger charge is 2.28. The smallest absolute Gasteiger partial charge is 0.0433 e. The summed E-state index contributed by atoms with van der Waals surface area (Å²) in [4.78, 5) is 0. The van der Waals surface area contributed by atoms with Gasteiger partial charge in [-0.05, 0) is 48.9 Å². The van der Waals surface area contributed by atoms with Crippen LogP contribution in [-0.2, 0) is 0 Å². The van der Waals surface area contributed by atoms with Gasteiger partial charge in [0.15, 0.2) is 0 Å². The van der Waals surface area contributed by atoms with Crippen LogP contribution < -0.4 is 0 Å². The minimum atomic E-state index is 0.362. The molecule has 0 heterocycles. The Kier molecular flexibility index (Phi) is 9.64. The summed E-state index contributed by atoms with van der Waals surface area (Å²) in [5, 5.41) is 8.95. The first-order valence-corrected chi connectivity index (χ1v) is 9.63. The van der Waals surface area contributed by atoms with E-state index in [0.717, 1.165) is 30.1 Å². The van der Waals surface area contributed by atoms with Gasteiger partial charge in [-0.15, -0.1) is 0 Å². The van der Waals surface area contributed by atoms with Gasteiger partial charge in [0.1, 0.15) is 0 Å². The third kappa shape index (κ3) is 8.24. The highest BCUT2D eigenvalue weighted by molar-refractivity contribution is 4.79. The zero-order chi connectivity index (χ0) is 15.7. The standard InChI is InChI=1S/C20H40O/c1-16(2)7-5-9-18(4)20-12-11-19(15-20)10-6-8-17(3)13-14-21/h16-21H,5-15H2,1-4H3/t17-,18+,19-,20-/m1/s1. The van der Waals surface area contributed by atoms with Crippen LogP contribution in [0.4, 0.5) is 0 Å². The molecular formula is C20H40O. The van der Waals surface area contributed by atoms with Crippen LogP contribution in [0.25, 0.3) is 0 Å².